The zero-order chi connectivity index (χ0) is 13.0. The highest BCUT2D eigenvalue weighted by atomic mass is 16.1. The molecule has 0 spiro atoms. The number of carbonyl (C=O) groups excluding carboxylic acids is 1. The van der Waals surface area contributed by atoms with Crippen LogP contribution in [0.5, 0.6) is 0 Å². The number of rotatable bonds is 4. The Hall–Kier alpha value is -2.10. The van der Waals surface area contributed by atoms with E-state index in [1.807, 2.05) is 50.4 Å². The normalized spacial score (nSPS) is 10.3. The van der Waals surface area contributed by atoms with E-state index in [2.05, 4.69) is 10.4 Å². The molecule has 1 heterocycles. The molecule has 0 aliphatic rings. The number of benzene rings is 1. The van der Waals surface area contributed by atoms with Gasteiger partial charge in [0.1, 0.15) is 0 Å². The molecule has 0 radical (unpaired) electrons. The third-order valence-electron chi connectivity index (χ3n) is 2.86. The first-order chi connectivity index (χ1) is 8.65. The number of amides is 1. The Morgan fingerprint density at radius 1 is 1.33 bits per heavy atom. The maximum Gasteiger partial charge on any atom is 0.225 e. The summed E-state index contributed by atoms with van der Waals surface area (Å²) in [7, 11) is 1.86. The van der Waals surface area contributed by atoms with Crippen molar-refractivity contribution >= 4 is 11.7 Å². The van der Waals surface area contributed by atoms with E-state index in [9.17, 15) is 4.79 Å². The molecule has 0 bridgehead atoms. The molecule has 1 aromatic heterocycles. The van der Waals surface area contributed by atoms with Crippen LogP contribution < -0.4 is 5.32 Å². The highest BCUT2D eigenvalue weighted by molar-refractivity contribution is 5.89. The van der Waals surface area contributed by atoms with Crippen LogP contribution in [0.15, 0.2) is 36.4 Å². The molecule has 1 aromatic carbocycles. The summed E-state index contributed by atoms with van der Waals surface area (Å²) >= 11 is 0. The highest BCUT2D eigenvalue weighted by Crippen LogP contribution is 2.08. The number of nitrogens with one attached hydrogen (secondary N) is 1. The van der Waals surface area contributed by atoms with Crippen LogP contribution in [0.2, 0.25) is 0 Å². The van der Waals surface area contributed by atoms with Crippen molar-refractivity contribution in [1.82, 2.24) is 9.78 Å². The fraction of sp³-hybridized carbons (Fsp3) is 0.286. The van der Waals surface area contributed by atoms with Crippen LogP contribution in [0.25, 0.3) is 0 Å². The lowest BCUT2D eigenvalue weighted by atomic mass is 10.1. The monoisotopic (exact) mass is 243 g/mol. The quantitative estimate of drug-likeness (QED) is 0.895. The topological polar surface area (TPSA) is 46.9 Å². The van der Waals surface area contributed by atoms with Gasteiger partial charge in [0.05, 0.1) is 0 Å². The molecule has 2 aromatic rings. The largest absolute Gasteiger partial charge is 0.309 e. The lowest BCUT2D eigenvalue weighted by Crippen LogP contribution is -2.12. The summed E-state index contributed by atoms with van der Waals surface area (Å²) in [6, 6.07) is 11.8. The van der Waals surface area contributed by atoms with E-state index in [1.165, 1.54) is 5.56 Å². The Labute approximate surface area is 107 Å². The minimum atomic E-state index is -0.00282. The zero-order valence-corrected chi connectivity index (χ0v) is 10.7. The number of nitrogens with zero attached hydrogens (tertiary/aromatic N) is 2. The zero-order valence-electron chi connectivity index (χ0n) is 10.7. The number of hydrogen-bond donors (Lipinski definition) is 1. The van der Waals surface area contributed by atoms with Crippen LogP contribution in [-0.2, 0) is 18.3 Å². The van der Waals surface area contributed by atoms with Crippen LogP contribution in [0.4, 0.5) is 5.82 Å². The van der Waals surface area contributed by atoms with Gasteiger partial charge in [0.15, 0.2) is 5.82 Å². The van der Waals surface area contributed by atoms with Crippen molar-refractivity contribution in [2.45, 2.75) is 19.8 Å². The van der Waals surface area contributed by atoms with E-state index < -0.39 is 0 Å². The molecular formula is C14H17N3O. The first kappa shape index (κ1) is 12.4. The molecule has 94 valence electrons. The maximum atomic E-state index is 11.7. The predicted octanol–water partition coefficient (Wildman–Crippen LogP) is 2.30. The van der Waals surface area contributed by atoms with Gasteiger partial charge in [-0.3, -0.25) is 9.48 Å². The minimum Gasteiger partial charge on any atom is -0.309 e. The van der Waals surface area contributed by atoms with Gasteiger partial charge in [0, 0.05) is 25.2 Å². The molecule has 2 rings (SSSR count). The smallest absolute Gasteiger partial charge is 0.225 e. The molecule has 4 nitrogen and oxygen atoms in total. The third kappa shape index (κ3) is 3.20. The van der Waals surface area contributed by atoms with Crippen molar-refractivity contribution < 1.29 is 4.79 Å². The van der Waals surface area contributed by atoms with Crippen molar-refractivity contribution in [3.8, 4) is 0 Å². The molecule has 18 heavy (non-hydrogen) atoms. The van der Waals surface area contributed by atoms with Gasteiger partial charge in [-0.25, -0.2) is 0 Å². The summed E-state index contributed by atoms with van der Waals surface area (Å²) in [5, 5.41) is 6.99. The molecular weight excluding hydrogens is 226 g/mol. The van der Waals surface area contributed by atoms with Gasteiger partial charge < -0.3 is 5.32 Å². The van der Waals surface area contributed by atoms with E-state index in [0.717, 1.165) is 12.1 Å². The molecule has 0 saturated heterocycles. The standard InChI is InChI=1S/C14H17N3O/c1-11-10-13(16-17(11)2)15-14(18)9-8-12-6-4-3-5-7-12/h3-7,10H,8-9H2,1-2H3,(H,15,16,18). The summed E-state index contributed by atoms with van der Waals surface area (Å²) in [5.74, 6) is 0.616. The molecule has 0 atom stereocenters. The van der Waals surface area contributed by atoms with E-state index in [0.29, 0.717) is 12.2 Å². The first-order valence-corrected chi connectivity index (χ1v) is 5.99. The van der Waals surface area contributed by atoms with Crippen LogP contribution in [-0.4, -0.2) is 15.7 Å². The maximum absolute atomic E-state index is 11.7. The van der Waals surface area contributed by atoms with E-state index >= 15 is 0 Å². The second-order valence-electron chi connectivity index (χ2n) is 4.33. The van der Waals surface area contributed by atoms with Gasteiger partial charge in [0.2, 0.25) is 5.91 Å². The van der Waals surface area contributed by atoms with Crippen LogP contribution in [0.1, 0.15) is 17.7 Å². The second-order valence-corrected chi connectivity index (χ2v) is 4.33. The van der Waals surface area contributed by atoms with Gasteiger partial charge in [-0.2, -0.15) is 5.10 Å². The predicted molar refractivity (Wildman–Crippen MR) is 71.3 cm³/mol. The fourth-order valence-corrected chi connectivity index (χ4v) is 1.73. The summed E-state index contributed by atoms with van der Waals surface area (Å²) in [4.78, 5) is 11.7. The molecule has 1 amide bonds. The molecule has 0 saturated carbocycles. The van der Waals surface area contributed by atoms with Crippen molar-refractivity contribution in [1.29, 1.82) is 0 Å². The van der Waals surface area contributed by atoms with Crippen molar-refractivity contribution in [2.24, 2.45) is 7.05 Å². The van der Waals surface area contributed by atoms with Crippen molar-refractivity contribution in [3.05, 3.63) is 47.7 Å². The first-order valence-electron chi connectivity index (χ1n) is 5.99. The Bertz CT molecular complexity index is 512. The highest BCUT2D eigenvalue weighted by Gasteiger charge is 2.06. The van der Waals surface area contributed by atoms with Crippen molar-refractivity contribution in [2.75, 3.05) is 5.32 Å². The average Bonchev–Trinajstić information content (AvgIpc) is 2.67. The summed E-state index contributed by atoms with van der Waals surface area (Å²) in [6.45, 7) is 1.95. The number of carbonyl (C=O) groups is 1. The average molecular weight is 243 g/mol. The van der Waals surface area contributed by atoms with E-state index in [-0.39, 0.29) is 5.91 Å². The Balaban J connectivity index is 1.86. The summed E-state index contributed by atoms with van der Waals surface area (Å²) in [5.41, 5.74) is 2.19. The van der Waals surface area contributed by atoms with Crippen molar-refractivity contribution in [3.63, 3.8) is 0 Å². The molecule has 0 aliphatic carbocycles. The van der Waals surface area contributed by atoms with Gasteiger partial charge in [-0.1, -0.05) is 30.3 Å². The second kappa shape index (κ2) is 5.49. The Kier molecular flexibility index (Phi) is 3.77. The van der Waals surface area contributed by atoms with Crippen LogP contribution in [0.3, 0.4) is 0 Å². The molecule has 4 heteroatoms. The molecule has 0 fully saturated rings. The van der Waals surface area contributed by atoms with Gasteiger partial charge in [0.25, 0.3) is 0 Å². The van der Waals surface area contributed by atoms with E-state index in [4.69, 9.17) is 0 Å². The molecule has 1 N–H and O–H groups in total. The number of aryl methyl sites for hydroxylation is 3. The SMILES string of the molecule is Cc1cc(NC(=O)CCc2ccccc2)nn1C. The fourth-order valence-electron chi connectivity index (χ4n) is 1.73. The number of anilines is 1. The summed E-state index contributed by atoms with van der Waals surface area (Å²) in [6.07, 6.45) is 1.22. The number of hydrogen-bond acceptors (Lipinski definition) is 2. The van der Waals surface area contributed by atoms with Gasteiger partial charge in [-0.05, 0) is 18.9 Å². The lowest BCUT2D eigenvalue weighted by Gasteiger charge is -2.02. The van der Waals surface area contributed by atoms with Gasteiger partial charge in [-0.15, -0.1) is 0 Å². The lowest BCUT2D eigenvalue weighted by molar-refractivity contribution is -0.116. The van der Waals surface area contributed by atoms with E-state index in [1.54, 1.807) is 4.68 Å². The minimum absolute atomic E-state index is 0.00282. The summed E-state index contributed by atoms with van der Waals surface area (Å²) < 4.78 is 1.74. The number of aromatic nitrogens is 2. The Morgan fingerprint density at radius 3 is 2.67 bits per heavy atom. The third-order valence-corrected chi connectivity index (χ3v) is 2.86. The molecule has 0 aliphatic heterocycles. The van der Waals surface area contributed by atoms with Crippen LogP contribution in [0, 0.1) is 6.92 Å². The van der Waals surface area contributed by atoms with Crippen LogP contribution >= 0.6 is 0 Å². The molecule has 0 unspecified atom stereocenters. The van der Waals surface area contributed by atoms with Gasteiger partial charge >= 0.3 is 0 Å². The Morgan fingerprint density at radius 2 is 2.06 bits per heavy atom.